The second-order valence-corrected chi connectivity index (χ2v) is 6.53. The summed E-state index contributed by atoms with van der Waals surface area (Å²) in [5.41, 5.74) is 1.43. The van der Waals surface area contributed by atoms with Crippen molar-refractivity contribution in [3.63, 3.8) is 0 Å². The molecule has 3 heteroatoms. The predicted molar refractivity (Wildman–Crippen MR) is 75.5 cm³/mol. The number of alkyl halides is 2. The Morgan fingerprint density at radius 3 is 2.38 bits per heavy atom. The smallest absolute Gasteiger partial charge is 0.0825 e. The Bertz CT molecular complexity index is 215. The van der Waals surface area contributed by atoms with Crippen molar-refractivity contribution in [1.82, 2.24) is 4.90 Å². The van der Waals surface area contributed by atoms with E-state index < -0.39 is 0 Å². The third-order valence-corrected chi connectivity index (χ3v) is 6.71. The fourth-order valence-corrected chi connectivity index (χ4v) is 3.88. The van der Waals surface area contributed by atoms with Crippen LogP contribution in [0.1, 0.15) is 20.3 Å². The van der Waals surface area contributed by atoms with Crippen LogP contribution < -0.4 is 0 Å². The summed E-state index contributed by atoms with van der Waals surface area (Å²) in [5, 5.41) is 0. The van der Waals surface area contributed by atoms with Crippen LogP contribution in [0.5, 0.6) is 0 Å². The summed E-state index contributed by atoms with van der Waals surface area (Å²) in [6.45, 7) is 8.69. The largest absolute Gasteiger partial charge is 0.282 e. The summed E-state index contributed by atoms with van der Waals surface area (Å²) in [7, 11) is 2.21. The fourth-order valence-electron chi connectivity index (χ4n) is 1.83. The standard InChI is InChI=1S/C10H17I2N/c1-7(2)10(12,13(4)6-11)9-5-8(9)3/h7,9H,3,5-6H2,1-2,4H3. The Morgan fingerprint density at radius 2 is 2.15 bits per heavy atom. The van der Waals surface area contributed by atoms with Crippen molar-refractivity contribution in [1.29, 1.82) is 0 Å². The lowest BCUT2D eigenvalue weighted by Crippen LogP contribution is -2.46. The van der Waals surface area contributed by atoms with E-state index in [2.05, 4.69) is 77.6 Å². The van der Waals surface area contributed by atoms with E-state index in [1.54, 1.807) is 0 Å². The van der Waals surface area contributed by atoms with Crippen LogP contribution in [-0.4, -0.2) is 20.0 Å². The zero-order valence-electron chi connectivity index (χ0n) is 8.48. The Hall–Kier alpha value is 1.16. The number of rotatable bonds is 4. The van der Waals surface area contributed by atoms with Crippen molar-refractivity contribution in [3.05, 3.63) is 12.2 Å². The van der Waals surface area contributed by atoms with Crippen LogP contribution in [-0.2, 0) is 0 Å². The third kappa shape index (κ3) is 2.22. The Balaban J connectivity index is 2.81. The van der Waals surface area contributed by atoms with Gasteiger partial charge in [-0.3, -0.25) is 4.90 Å². The number of hydrogen-bond donors (Lipinski definition) is 0. The van der Waals surface area contributed by atoms with Crippen LogP contribution in [0, 0.1) is 11.8 Å². The molecule has 76 valence electrons. The van der Waals surface area contributed by atoms with Gasteiger partial charge in [-0.05, 0) is 19.4 Å². The van der Waals surface area contributed by atoms with E-state index in [0.717, 1.165) is 4.55 Å². The lowest BCUT2D eigenvalue weighted by molar-refractivity contribution is 0.188. The maximum Gasteiger partial charge on any atom is 0.0825 e. The summed E-state index contributed by atoms with van der Waals surface area (Å²) in [6, 6.07) is 0. The molecule has 0 aromatic carbocycles. The van der Waals surface area contributed by atoms with Gasteiger partial charge >= 0.3 is 0 Å². The molecule has 0 bridgehead atoms. The molecule has 2 atom stereocenters. The fraction of sp³-hybridized carbons (Fsp3) is 0.800. The Kier molecular flexibility index (Phi) is 4.09. The summed E-state index contributed by atoms with van der Waals surface area (Å²) >= 11 is 5.05. The van der Waals surface area contributed by atoms with Crippen molar-refractivity contribution >= 4 is 45.2 Å². The summed E-state index contributed by atoms with van der Waals surface area (Å²) in [5.74, 6) is 1.39. The molecule has 0 aromatic heterocycles. The first-order chi connectivity index (χ1) is 5.94. The van der Waals surface area contributed by atoms with Gasteiger partial charge in [-0.25, -0.2) is 0 Å². The monoisotopic (exact) mass is 405 g/mol. The van der Waals surface area contributed by atoms with Gasteiger partial charge < -0.3 is 0 Å². The van der Waals surface area contributed by atoms with Crippen LogP contribution in [0.25, 0.3) is 0 Å². The van der Waals surface area contributed by atoms with Crippen LogP contribution in [0.2, 0.25) is 0 Å². The Labute approximate surface area is 109 Å². The van der Waals surface area contributed by atoms with E-state index in [1.807, 2.05) is 0 Å². The first kappa shape index (κ1) is 12.2. The molecule has 0 saturated heterocycles. The molecule has 1 saturated carbocycles. The van der Waals surface area contributed by atoms with Crippen molar-refractivity contribution in [2.75, 3.05) is 11.6 Å². The first-order valence-corrected chi connectivity index (χ1v) is 7.18. The quantitative estimate of drug-likeness (QED) is 0.299. The van der Waals surface area contributed by atoms with E-state index in [0.29, 0.717) is 11.8 Å². The summed E-state index contributed by atoms with van der Waals surface area (Å²) in [6.07, 6.45) is 1.22. The molecule has 0 aliphatic heterocycles. The maximum absolute atomic E-state index is 4.08. The van der Waals surface area contributed by atoms with Gasteiger partial charge in [0.05, 0.1) is 8.10 Å². The molecule has 0 aromatic rings. The highest BCUT2D eigenvalue weighted by molar-refractivity contribution is 14.1. The van der Waals surface area contributed by atoms with Gasteiger partial charge in [0.2, 0.25) is 0 Å². The zero-order valence-corrected chi connectivity index (χ0v) is 12.8. The molecule has 0 N–H and O–H groups in total. The number of nitrogens with zero attached hydrogens (tertiary/aromatic N) is 1. The minimum Gasteiger partial charge on any atom is -0.282 e. The molecule has 1 fully saturated rings. The minimum atomic E-state index is 0.288. The van der Waals surface area contributed by atoms with Gasteiger partial charge in [-0.2, -0.15) is 0 Å². The highest BCUT2D eigenvalue weighted by Crippen LogP contribution is 2.54. The van der Waals surface area contributed by atoms with Crippen molar-refractivity contribution in [3.8, 4) is 0 Å². The second-order valence-electron chi connectivity index (χ2n) is 4.11. The average Bonchev–Trinajstić information content (AvgIpc) is 2.79. The van der Waals surface area contributed by atoms with Gasteiger partial charge in [0.25, 0.3) is 0 Å². The maximum atomic E-state index is 4.08. The molecule has 1 aliphatic carbocycles. The molecule has 1 aliphatic rings. The highest BCUT2D eigenvalue weighted by Gasteiger charge is 2.50. The summed E-state index contributed by atoms with van der Waals surface area (Å²) < 4.78 is 1.37. The van der Waals surface area contributed by atoms with Gasteiger partial charge in [0, 0.05) is 5.92 Å². The number of halogens is 2. The third-order valence-electron chi connectivity index (χ3n) is 2.86. The predicted octanol–water partition coefficient (Wildman–Crippen LogP) is 3.67. The molecular formula is C10H17I2N. The zero-order chi connectivity index (χ0) is 10.2. The number of hydrogen-bond acceptors (Lipinski definition) is 1. The molecule has 1 nitrogen and oxygen atoms in total. The van der Waals surface area contributed by atoms with Gasteiger partial charge in [0.1, 0.15) is 0 Å². The van der Waals surface area contributed by atoms with Crippen LogP contribution >= 0.6 is 45.2 Å². The molecular weight excluding hydrogens is 388 g/mol. The molecule has 13 heavy (non-hydrogen) atoms. The lowest BCUT2D eigenvalue weighted by Gasteiger charge is -2.39. The molecule has 2 unspecified atom stereocenters. The van der Waals surface area contributed by atoms with Crippen LogP contribution in [0.15, 0.2) is 12.2 Å². The van der Waals surface area contributed by atoms with E-state index in [-0.39, 0.29) is 3.55 Å². The van der Waals surface area contributed by atoms with Gasteiger partial charge in [-0.1, -0.05) is 71.2 Å². The molecule has 0 radical (unpaired) electrons. The van der Waals surface area contributed by atoms with Gasteiger partial charge in [-0.15, -0.1) is 0 Å². The van der Waals surface area contributed by atoms with Crippen molar-refractivity contribution in [2.45, 2.75) is 23.8 Å². The highest BCUT2D eigenvalue weighted by atomic mass is 127. The molecule has 0 heterocycles. The molecule has 0 spiro atoms. The SMILES string of the molecule is C=C1CC1C(I)(C(C)C)N(C)CI. The van der Waals surface area contributed by atoms with E-state index in [4.69, 9.17) is 0 Å². The average molecular weight is 405 g/mol. The van der Waals surface area contributed by atoms with E-state index >= 15 is 0 Å². The normalized spacial score (nSPS) is 26.7. The Morgan fingerprint density at radius 1 is 1.69 bits per heavy atom. The van der Waals surface area contributed by atoms with E-state index in [1.165, 1.54) is 12.0 Å². The van der Waals surface area contributed by atoms with Gasteiger partial charge in [0.15, 0.2) is 0 Å². The van der Waals surface area contributed by atoms with Crippen molar-refractivity contribution < 1.29 is 0 Å². The molecule has 0 amide bonds. The van der Waals surface area contributed by atoms with Crippen LogP contribution in [0.3, 0.4) is 0 Å². The minimum absolute atomic E-state index is 0.288. The molecule has 1 rings (SSSR count). The van der Waals surface area contributed by atoms with Crippen molar-refractivity contribution in [2.24, 2.45) is 11.8 Å². The lowest BCUT2D eigenvalue weighted by atomic mass is 9.98. The second kappa shape index (κ2) is 4.35. The van der Waals surface area contributed by atoms with Crippen LogP contribution in [0.4, 0.5) is 0 Å². The topological polar surface area (TPSA) is 3.24 Å². The summed E-state index contributed by atoms with van der Waals surface area (Å²) in [4.78, 5) is 2.45. The first-order valence-electron chi connectivity index (χ1n) is 4.58. The van der Waals surface area contributed by atoms with E-state index in [9.17, 15) is 0 Å².